The number of ether oxygens (including phenoxy) is 2. The Morgan fingerprint density at radius 3 is 2.52 bits per heavy atom. The van der Waals surface area contributed by atoms with Crippen molar-refractivity contribution in [2.75, 3.05) is 12.3 Å². The summed E-state index contributed by atoms with van der Waals surface area (Å²) in [5.74, 6) is 0.580. The summed E-state index contributed by atoms with van der Waals surface area (Å²) in [5.41, 5.74) is 6.50. The van der Waals surface area contributed by atoms with Crippen LogP contribution in [0.1, 0.15) is 18.9 Å². The van der Waals surface area contributed by atoms with Crippen LogP contribution in [0.15, 0.2) is 24.3 Å². The maximum absolute atomic E-state index is 8.62. The second kappa shape index (κ2) is 7.05. The number of aromatic nitrogens is 3. The van der Waals surface area contributed by atoms with E-state index in [2.05, 4.69) is 21.0 Å². The molecular formula is C14H15N5O2. The molecule has 0 aliphatic carbocycles. The number of nitrogens with two attached hydrogens (primary N) is 1. The molecule has 7 nitrogen and oxygen atoms in total. The third-order valence-electron chi connectivity index (χ3n) is 2.46. The van der Waals surface area contributed by atoms with Gasteiger partial charge in [0.05, 0.1) is 19.1 Å². The van der Waals surface area contributed by atoms with E-state index in [-0.39, 0.29) is 18.0 Å². The van der Waals surface area contributed by atoms with Crippen molar-refractivity contribution in [3.8, 4) is 23.8 Å². The molecule has 2 rings (SSSR count). The number of rotatable bonds is 6. The van der Waals surface area contributed by atoms with Crippen LogP contribution in [0.4, 0.5) is 5.95 Å². The Kier molecular flexibility index (Phi) is 4.88. The molecule has 0 saturated heterocycles. The predicted molar refractivity (Wildman–Crippen MR) is 75.9 cm³/mol. The molecule has 1 heterocycles. The van der Waals surface area contributed by atoms with E-state index >= 15 is 0 Å². The Hall–Kier alpha value is -2.88. The third kappa shape index (κ3) is 4.31. The molecule has 0 aliphatic rings. The van der Waals surface area contributed by atoms with Gasteiger partial charge in [-0.25, -0.2) is 0 Å². The molecule has 0 radical (unpaired) electrons. The molecule has 7 heteroatoms. The standard InChI is InChI=1S/C14H15N5O2/c1-2-9-20-13-17-12(16)18-14(19-13)21-11-5-3-10(4-6-11)7-8-15/h3-6H,2,7,9H2,1H3,(H2,16,17,18,19). The van der Waals surface area contributed by atoms with Crippen molar-refractivity contribution < 1.29 is 9.47 Å². The highest BCUT2D eigenvalue weighted by Crippen LogP contribution is 2.20. The lowest BCUT2D eigenvalue weighted by molar-refractivity contribution is 0.285. The Labute approximate surface area is 122 Å². The lowest BCUT2D eigenvalue weighted by Crippen LogP contribution is -2.05. The fraction of sp³-hybridized carbons (Fsp3) is 0.286. The number of nitrogen functional groups attached to an aromatic ring is 1. The zero-order chi connectivity index (χ0) is 15.1. The summed E-state index contributed by atoms with van der Waals surface area (Å²) in [6.07, 6.45) is 1.19. The molecule has 0 atom stereocenters. The number of anilines is 1. The predicted octanol–water partition coefficient (Wildman–Crippen LogP) is 2.10. The van der Waals surface area contributed by atoms with E-state index in [4.69, 9.17) is 20.5 Å². The summed E-state index contributed by atoms with van der Waals surface area (Å²) in [7, 11) is 0. The molecule has 0 fully saturated rings. The quantitative estimate of drug-likeness (QED) is 0.865. The zero-order valence-corrected chi connectivity index (χ0v) is 11.6. The van der Waals surface area contributed by atoms with Gasteiger partial charge in [-0.1, -0.05) is 19.1 Å². The van der Waals surface area contributed by atoms with E-state index in [0.717, 1.165) is 12.0 Å². The van der Waals surface area contributed by atoms with Gasteiger partial charge in [0, 0.05) is 0 Å². The Morgan fingerprint density at radius 2 is 1.86 bits per heavy atom. The molecule has 0 aliphatic heterocycles. The summed E-state index contributed by atoms with van der Waals surface area (Å²) < 4.78 is 10.8. The van der Waals surface area contributed by atoms with Crippen LogP contribution < -0.4 is 15.2 Å². The third-order valence-corrected chi connectivity index (χ3v) is 2.46. The Bertz CT molecular complexity index is 637. The molecular weight excluding hydrogens is 270 g/mol. The van der Waals surface area contributed by atoms with Gasteiger partial charge in [-0.3, -0.25) is 0 Å². The monoisotopic (exact) mass is 285 g/mol. The van der Waals surface area contributed by atoms with Crippen LogP contribution in [0.5, 0.6) is 17.8 Å². The number of hydrogen-bond donors (Lipinski definition) is 1. The summed E-state index contributed by atoms with van der Waals surface area (Å²) in [6.45, 7) is 2.47. The van der Waals surface area contributed by atoms with Gasteiger partial charge >= 0.3 is 12.0 Å². The zero-order valence-electron chi connectivity index (χ0n) is 11.6. The van der Waals surface area contributed by atoms with E-state index in [0.29, 0.717) is 18.8 Å². The minimum absolute atomic E-state index is 0.0344. The molecule has 108 valence electrons. The van der Waals surface area contributed by atoms with Crippen LogP contribution >= 0.6 is 0 Å². The highest BCUT2D eigenvalue weighted by atomic mass is 16.5. The highest BCUT2D eigenvalue weighted by Gasteiger charge is 2.07. The lowest BCUT2D eigenvalue weighted by atomic mass is 10.2. The first-order valence-corrected chi connectivity index (χ1v) is 6.49. The van der Waals surface area contributed by atoms with E-state index in [1.165, 1.54) is 0 Å². The first kappa shape index (κ1) is 14.5. The van der Waals surface area contributed by atoms with Gasteiger partial charge in [-0.05, 0) is 24.1 Å². The number of hydrogen-bond acceptors (Lipinski definition) is 7. The summed E-state index contributed by atoms with van der Waals surface area (Å²) in [4.78, 5) is 11.8. The molecule has 1 aromatic carbocycles. The van der Waals surface area contributed by atoms with Crippen molar-refractivity contribution in [3.63, 3.8) is 0 Å². The Morgan fingerprint density at radius 1 is 1.14 bits per heavy atom. The minimum Gasteiger partial charge on any atom is -0.463 e. The normalized spacial score (nSPS) is 9.90. The second-order valence-corrected chi connectivity index (χ2v) is 4.19. The first-order valence-electron chi connectivity index (χ1n) is 6.49. The maximum atomic E-state index is 8.62. The lowest BCUT2D eigenvalue weighted by Gasteiger charge is -2.07. The Balaban J connectivity index is 2.11. The number of nitriles is 1. The van der Waals surface area contributed by atoms with Crippen molar-refractivity contribution in [3.05, 3.63) is 29.8 Å². The highest BCUT2D eigenvalue weighted by molar-refractivity contribution is 5.31. The maximum Gasteiger partial charge on any atom is 0.330 e. The summed E-state index contributed by atoms with van der Waals surface area (Å²) in [5, 5.41) is 8.62. The van der Waals surface area contributed by atoms with Crippen LogP contribution in [-0.2, 0) is 6.42 Å². The molecule has 2 N–H and O–H groups in total. The molecule has 0 saturated carbocycles. The fourth-order valence-electron chi connectivity index (χ4n) is 1.53. The first-order chi connectivity index (χ1) is 10.2. The average molecular weight is 285 g/mol. The van der Waals surface area contributed by atoms with Gasteiger partial charge in [-0.2, -0.15) is 15.2 Å². The number of nitrogens with zero attached hydrogens (tertiary/aromatic N) is 4. The molecule has 0 bridgehead atoms. The molecule has 21 heavy (non-hydrogen) atoms. The number of benzene rings is 1. The summed E-state index contributed by atoms with van der Waals surface area (Å²) in [6, 6.07) is 9.37. The van der Waals surface area contributed by atoms with Crippen LogP contribution in [0.25, 0.3) is 0 Å². The van der Waals surface area contributed by atoms with Gasteiger partial charge in [0.15, 0.2) is 0 Å². The smallest absolute Gasteiger partial charge is 0.330 e. The van der Waals surface area contributed by atoms with Crippen LogP contribution in [0.2, 0.25) is 0 Å². The molecule has 0 unspecified atom stereocenters. The largest absolute Gasteiger partial charge is 0.463 e. The fourth-order valence-corrected chi connectivity index (χ4v) is 1.53. The van der Waals surface area contributed by atoms with Gasteiger partial charge < -0.3 is 15.2 Å². The van der Waals surface area contributed by atoms with Gasteiger partial charge in [0.2, 0.25) is 5.95 Å². The van der Waals surface area contributed by atoms with Crippen molar-refractivity contribution in [2.45, 2.75) is 19.8 Å². The van der Waals surface area contributed by atoms with E-state index in [9.17, 15) is 0 Å². The van der Waals surface area contributed by atoms with Crippen LogP contribution in [0.3, 0.4) is 0 Å². The second-order valence-electron chi connectivity index (χ2n) is 4.19. The van der Waals surface area contributed by atoms with E-state index < -0.39 is 0 Å². The molecule has 0 spiro atoms. The van der Waals surface area contributed by atoms with Crippen molar-refractivity contribution in [1.82, 2.24) is 15.0 Å². The van der Waals surface area contributed by atoms with Crippen LogP contribution in [0, 0.1) is 11.3 Å². The van der Waals surface area contributed by atoms with Crippen molar-refractivity contribution >= 4 is 5.95 Å². The van der Waals surface area contributed by atoms with Crippen molar-refractivity contribution in [1.29, 1.82) is 5.26 Å². The van der Waals surface area contributed by atoms with Crippen LogP contribution in [-0.4, -0.2) is 21.6 Å². The molecule has 1 aromatic heterocycles. The average Bonchev–Trinajstić information content (AvgIpc) is 2.47. The topological polar surface area (TPSA) is 107 Å². The van der Waals surface area contributed by atoms with Gasteiger partial charge in [-0.15, -0.1) is 4.98 Å². The SMILES string of the molecule is CCCOc1nc(N)nc(Oc2ccc(CC#N)cc2)n1. The van der Waals surface area contributed by atoms with Gasteiger partial charge in [0.1, 0.15) is 5.75 Å². The van der Waals surface area contributed by atoms with Crippen molar-refractivity contribution in [2.24, 2.45) is 0 Å². The van der Waals surface area contributed by atoms with Gasteiger partial charge in [0.25, 0.3) is 0 Å². The van der Waals surface area contributed by atoms with E-state index in [1.54, 1.807) is 24.3 Å². The molecule has 2 aromatic rings. The minimum atomic E-state index is 0.0344. The van der Waals surface area contributed by atoms with E-state index in [1.807, 2.05) is 6.92 Å². The summed E-state index contributed by atoms with van der Waals surface area (Å²) >= 11 is 0. The molecule has 0 amide bonds.